The summed E-state index contributed by atoms with van der Waals surface area (Å²) in [4.78, 5) is 25.0. The zero-order valence-corrected chi connectivity index (χ0v) is 13.2. The van der Waals surface area contributed by atoms with Gasteiger partial charge in [-0.05, 0) is 24.1 Å². The molecule has 0 saturated heterocycles. The van der Waals surface area contributed by atoms with E-state index in [0.717, 1.165) is 0 Å². The van der Waals surface area contributed by atoms with Gasteiger partial charge in [-0.3, -0.25) is 4.79 Å². The molecule has 3 N–H and O–H groups in total. The third-order valence-corrected chi connectivity index (χ3v) is 3.99. The second kappa shape index (κ2) is 6.58. The molecule has 0 fully saturated rings. The average Bonchev–Trinajstić information content (AvgIpc) is 2.61. The molecule has 1 unspecified atom stereocenters. The summed E-state index contributed by atoms with van der Waals surface area (Å²) in [5, 5.41) is 15.3. The molecule has 0 spiro atoms. The van der Waals surface area contributed by atoms with Gasteiger partial charge < -0.3 is 15.7 Å². The maximum atomic E-state index is 13.0. The lowest BCUT2D eigenvalue weighted by atomic mass is 9.88. The lowest BCUT2D eigenvalue weighted by Crippen LogP contribution is -2.45. The molecule has 122 valence electrons. The molecule has 5 nitrogen and oxygen atoms in total. The van der Waals surface area contributed by atoms with Crippen LogP contribution < -0.4 is 10.6 Å². The van der Waals surface area contributed by atoms with Crippen molar-refractivity contribution in [1.82, 2.24) is 10.6 Å². The number of hydrogen-bond acceptors (Lipinski definition) is 3. The van der Waals surface area contributed by atoms with Crippen LogP contribution in [0, 0.1) is 0 Å². The lowest BCUT2D eigenvalue weighted by molar-refractivity contribution is 0.102. The molecule has 1 aliphatic rings. The first kappa shape index (κ1) is 15.8. The third-order valence-electron chi connectivity index (χ3n) is 3.99. The minimum atomic E-state index is -0.603. The summed E-state index contributed by atoms with van der Waals surface area (Å²) in [6.07, 6.45) is 0.524. The van der Waals surface area contributed by atoms with Gasteiger partial charge in [0.1, 0.15) is 5.75 Å². The molecule has 0 saturated carbocycles. The van der Waals surface area contributed by atoms with E-state index in [2.05, 4.69) is 10.6 Å². The fourth-order valence-electron chi connectivity index (χ4n) is 2.86. The van der Waals surface area contributed by atoms with Crippen LogP contribution in [0.4, 0.5) is 4.79 Å². The van der Waals surface area contributed by atoms with Crippen molar-refractivity contribution >= 4 is 11.8 Å². The van der Waals surface area contributed by atoms with E-state index in [9.17, 15) is 14.7 Å². The third kappa shape index (κ3) is 3.01. The number of hydrogen-bond donors (Lipinski definition) is 3. The van der Waals surface area contributed by atoms with Crippen molar-refractivity contribution in [2.45, 2.75) is 19.4 Å². The van der Waals surface area contributed by atoms with Gasteiger partial charge in [-0.1, -0.05) is 49.4 Å². The quantitative estimate of drug-likeness (QED) is 0.756. The topological polar surface area (TPSA) is 78.4 Å². The van der Waals surface area contributed by atoms with Crippen LogP contribution in [0.25, 0.3) is 0 Å². The van der Waals surface area contributed by atoms with E-state index in [1.165, 1.54) is 0 Å². The number of phenols is 1. The largest absolute Gasteiger partial charge is 0.508 e. The van der Waals surface area contributed by atoms with Crippen LogP contribution in [-0.4, -0.2) is 16.9 Å². The minimum absolute atomic E-state index is 0.0878. The van der Waals surface area contributed by atoms with E-state index >= 15 is 0 Å². The van der Waals surface area contributed by atoms with E-state index < -0.39 is 6.04 Å². The highest BCUT2D eigenvalue weighted by molar-refractivity contribution is 6.11. The van der Waals surface area contributed by atoms with Crippen LogP contribution in [0.3, 0.4) is 0 Å². The van der Waals surface area contributed by atoms with E-state index in [-0.39, 0.29) is 17.6 Å². The average molecular weight is 322 g/mol. The van der Waals surface area contributed by atoms with Gasteiger partial charge in [0.05, 0.1) is 6.04 Å². The normalized spacial score (nSPS) is 17.2. The van der Waals surface area contributed by atoms with Crippen LogP contribution in [0.5, 0.6) is 5.75 Å². The number of urea groups is 1. The lowest BCUT2D eigenvalue weighted by Gasteiger charge is -2.29. The Morgan fingerprint density at radius 1 is 1.12 bits per heavy atom. The molecule has 24 heavy (non-hydrogen) atoms. The Bertz CT molecular complexity index is 812. The van der Waals surface area contributed by atoms with Gasteiger partial charge in [0.15, 0.2) is 5.78 Å². The van der Waals surface area contributed by atoms with Crippen LogP contribution in [-0.2, 0) is 0 Å². The van der Waals surface area contributed by atoms with Gasteiger partial charge in [-0.15, -0.1) is 0 Å². The Labute approximate surface area is 140 Å². The number of carbonyl (C=O) groups is 2. The maximum absolute atomic E-state index is 13.0. The van der Waals surface area contributed by atoms with Crippen LogP contribution in [0.2, 0.25) is 0 Å². The van der Waals surface area contributed by atoms with E-state index in [1.54, 1.807) is 48.5 Å². The number of benzene rings is 2. The fraction of sp³-hybridized carbons (Fsp3) is 0.158. The molecule has 3 rings (SSSR count). The molecule has 2 amide bonds. The summed E-state index contributed by atoms with van der Waals surface area (Å²) in [6, 6.07) is 14.6. The monoisotopic (exact) mass is 322 g/mol. The maximum Gasteiger partial charge on any atom is 0.319 e. The van der Waals surface area contributed by atoms with Crippen molar-refractivity contribution in [2.75, 3.05) is 0 Å². The number of aromatic hydroxyl groups is 1. The molecule has 0 bridgehead atoms. The first-order valence-electron chi connectivity index (χ1n) is 7.79. The second-order valence-corrected chi connectivity index (χ2v) is 5.57. The summed E-state index contributed by atoms with van der Waals surface area (Å²) in [6.45, 7) is 1.89. The highest BCUT2D eigenvalue weighted by Crippen LogP contribution is 2.31. The molecule has 2 aromatic rings. The van der Waals surface area contributed by atoms with Crippen molar-refractivity contribution in [3.63, 3.8) is 0 Å². The molecule has 2 aromatic carbocycles. The van der Waals surface area contributed by atoms with Crippen molar-refractivity contribution in [2.24, 2.45) is 0 Å². The molecule has 0 radical (unpaired) electrons. The highest BCUT2D eigenvalue weighted by Gasteiger charge is 2.32. The molecule has 1 heterocycles. The van der Waals surface area contributed by atoms with Crippen LogP contribution in [0.15, 0.2) is 65.9 Å². The predicted molar refractivity (Wildman–Crippen MR) is 90.6 cm³/mol. The number of phenolic OH excluding ortho intramolecular Hbond substituents is 1. The number of Topliss-reactive ketones (excluding diaryl/α,β-unsaturated/α-hetero) is 1. The summed E-state index contributed by atoms with van der Waals surface area (Å²) in [5.74, 6) is -0.0573. The number of ketones is 1. The number of nitrogens with one attached hydrogen (secondary N) is 2. The SMILES string of the molecule is CCC1=C(C(=O)c2ccccc2)C(c2cccc(O)c2)NC(=O)N1. The summed E-state index contributed by atoms with van der Waals surface area (Å²) in [7, 11) is 0. The standard InChI is InChI=1S/C19H18N2O3/c1-2-15-16(18(23)12-7-4-3-5-8-12)17(21-19(24)20-15)13-9-6-10-14(22)11-13/h3-11,17,22H,2H2,1H3,(H2,20,21,24). The van der Waals surface area contributed by atoms with Gasteiger partial charge in [-0.25, -0.2) is 4.79 Å². The molecule has 1 atom stereocenters. The van der Waals surface area contributed by atoms with Crippen molar-refractivity contribution < 1.29 is 14.7 Å². The molecule has 0 aromatic heterocycles. The molecular weight excluding hydrogens is 304 g/mol. The summed E-state index contributed by atoms with van der Waals surface area (Å²) in [5.41, 5.74) is 2.31. The zero-order valence-electron chi connectivity index (χ0n) is 13.2. The molecule has 5 heteroatoms. The Kier molecular flexibility index (Phi) is 4.33. The van der Waals surface area contributed by atoms with Gasteiger partial charge in [-0.2, -0.15) is 0 Å². The minimum Gasteiger partial charge on any atom is -0.508 e. The van der Waals surface area contributed by atoms with Gasteiger partial charge >= 0.3 is 6.03 Å². The second-order valence-electron chi connectivity index (χ2n) is 5.57. The number of carbonyl (C=O) groups excluding carboxylic acids is 2. The molecule has 0 aliphatic carbocycles. The summed E-state index contributed by atoms with van der Waals surface area (Å²) >= 11 is 0. The molecule has 1 aliphatic heterocycles. The summed E-state index contributed by atoms with van der Waals surface area (Å²) < 4.78 is 0. The highest BCUT2D eigenvalue weighted by atomic mass is 16.3. The Balaban J connectivity index is 2.12. The van der Waals surface area contributed by atoms with Crippen LogP contribution in [0.1, 0.15) is 35.3 Å². The Hall–Kier alpha value is -3.08. The number of rotatable bonds is 4. The van der Waals surface area contributed by atoms with E-state index in [0.29, 0.717) is 28.8 Å². The van der Waals surface area contributed by atoms with Crippen molar-refractivity contribution in [3.05, 3.63) is 77.0 Å². The Morgan fingerprint density at radius 3 is 2.54 bits per heavy atom. The van der Waals surface area contributed by atoms with Gasteiger partial charge in [0, 0.05) is 16.8 Å². The zero-order chi connectivity index (χ0) is 17.1. The van der Waals surface area contributed by atoms with Gasteiger partial charge in [0.2, 0.25) is 0 Å². The van der Waals surface area contributed by atoms with Crippen molar-refractivity contribution in [3.8, 4) is 5.75 Å². The van der Waals surface area contributed by atoms with E-state index in [4.69, 9.17) is 0 Å². The van der Waals surface area contributed by atoms with Gasteiger partial charge in [0.25, 0.3) is 0 Å². The number of allylic oxidation sites excluding steroid dienone is 1. The first-order valence-corrected chi connectivity index (χ1v) is 7.79. The Morgan fingerprint density at radius 2 is 1.88 bits per heavy atom. The van der Waals surface area contributed by atoms with Crippen molar-refractivity contribution in [1.29, 1.82) is 0 Å². The smallest absolute Gasteiger partial charge is 0.319 e. The molecular formula is C19H18N2O3. The first-order chi connectivity index (χ1) is 11.6. The van der Waals surface area contributed by atoms with E-state index in [1.807, 2.05) is 13.0 Å². The predicted octanol–water partition coefficient (Wildman–Crippen LogP) is 3.29. The van der Waals surface area contributed by atoms with Crippen LogP contribution >= 0.6 is 0 Å². The number of amides is 2. The fourth-order valence-corrected chi connectivity index (χ4v) is 2.86.